The number of aryl methyl sites for hydroxylation is 1. The number of aromatic nitrogens is 3. The number of rotatable bonds is 2. The molecule has 2 aromatic rings. The molecule has 0 bridgehead atoms. The molecule has 0 saturated carbocycles. The number of hydrogen-bond donors (Lipinski definition) is 1. The molecule has 19 heavy (non-hydrogen) atoms. The highest BCUT2D eigenvalue weighted by molar-refractivity contribution is 5.94. The normalized spacial score (nSPS) is 11.6. The molecule has 0 aliphatic heterocycles. The van der Waals surface area contributed by atoms with Gasteiger partial charge in [-0.3, -0.25) is 4.68 Å². The van der Waals surface area contributed by atoms with E-state index in [1.165, 1.54) is 6.20 Å². The standard InChI is InChI=1S/C14H17N3O2/c1-14(2,3)12-10(8-17(4)16-12)9-6-5-7-15-11(9)13(18)19/h5-8H,1-4H3,(H,18,19). The molecule has 2 rings (SSSR count). The first kappa shape index (κ1) is 13.3. The molecule has 0 aliphatic rings. The average Bonchev–Trinajstić information content (AvgIpc) is 2.71. The van der Waals surface area contributed by atoms with Gasteiger partial charge in [-0.2, -0.15) is 5.10 Å². The maximum Gasteiger partial charge on any atom is 0.355 e. The molecule has 0 amide bonds. The Morgan fingerprint density at radius 3 is 2.58 bits per heavy atom. The largest absolute Gasteiger partial charge is 0.476 e. The molecule has 100 valence electrons. The monoisotopic (exact) mass is 259 g/mol. The Morgan fingerprint density at radius 1 is 1.32 bits per heavy atom. The van der Waals surface area contributed by atoms with Gasteiger partial charge >= 0.3 is 5.97 Å². The second kappa shape index (κ2) is 4.50. The van der Waals surface area contributed by atoms with Crippen molar-refractivity contribution in [3.8, 4) is 11.1 Å². The van der Waals surface area contributed by atoms with Crippen molar-refractivity contribution in [3.05, 3.63) is 35.9 Å². The summed E-state index contributed by atoms with van der Waals surface area (Å²) in [6.45, 7) is 6.15. The van der Waals surface area contributed by atoms with Crippen LogP contribution in [0.5, 0.6) is 0 Å². The van der Waals surface area contributed by atoms with E-state index in [1.54, 1.807) is 16.8 Å². The van der Waals surface area contributed by atoms with Crippen LogP contribution in [0.3, 0.4) is 0 Å². The van der Waals surface area contributed by atoms with Gasteiger partial charge in [-0.15, -0.1) is 0 Å². The van der Waals surface area contributed by atoms with Gasteiger partial charge in [0.05, 0.1) is 5.69 Å². The lowest BCUT2D eigenvalue weighted by atomic mass is 9.87. The molecule has 0 spiro atoms. The lowest BCUT2D eigenvalue weighted by Gasteiger charge is -2.17. The third-order valence-corrected chi connectivity index (χ3v) is 2.84. The Kier molecular flexibility index (Phi) is 3.14. The van der Waals surface area contributed by atoms with Crippen molar-refractivity contribution < 1.29 is 9.90 Å². The fourth-order valence-corrected chi connectivity index (χ4v) is 2.03. The van der Waals surface area contributed by atoms with E-state index in [1.807, 2.05) is 13.2 Å². The maximum absolute atomic E-state index is 11.3. The molecule has 0 aliphatic carbocycles. The summed E-state index contributed by atoms with van der Waals surface area (Å²) in [5.74, 6) is -1.03. The Hall–Kier alpha value is -2.17. The van der Waals surface area contributed by atoms with Crippen molar-refractivity contribution in [1.82, 2.24) is 14.8 Å². The van der Waals surface area contributed by atoms with Crippen LogP contribution in [-0.2, 0) is 12.5 Å². The molecule has 2 heterocycles. The Bertz CT molecular complexity index is 624. The molecule has 5 heteroatoms. The highest BCUT2D eigenvalue weighted by Gasteiger charge is 2.25. The molecular formula is C14H17N3O2. The van der Waals surface area contributed by atoms with Crippen molar-refractivity contribution in [2.75, 3.05) is 0 Å². The average molecular weight is 259 g/mol. The minimum Gasteiger partial charge on any atom is -0.476 e. The molecule has 0 fully saturated rings. The van der Waals surface area contributed by atoms with Gasteiger partial charge < -0.3 is 5.11 Å². The van der Waals surface area contributed by atoms with Crippen LogP contribution in [-0.4, -0.2) is 25.8 Å². The number of carboxylic acid groups (broad SMARTS) is 1. The fraction of sp³-hybridized carbons (Fsp3) is 0.357. The summed E-state index contributed by atoms with van der Waals surface area (Å²) in [5, 5.41) is 13.7. The first-order valence-electron chi connectivity index (χ1n) is 6.03. The summed E-state index contributed by atoms with van der Waals surface area (Å²) in [5.41, 5.74) is 2.18. The minimum atomic E-state index is -1.03. The second-order valence-corrected chi connectivity index (χ2v) is 5.52. The van der Waals surface area contributed by atoms with Crippen LogP contribution in [0, 0.1) is 0 Å². The van der Waals surface area contributed by atoms with Crippen LogP contribution >= 0.6 is 0 Å². The van der Waals surface area contributed by atoms with Gasteiger partial charge in [0.15, 0.2) is 5.69 Å². The van der Waals surface area contributed by atoms with E-state index in [-0.39, 0.29) is 11.1 Å². The number of carboxylic acids is 1. The van der Waals surface area contributed by atoms with E-state index in [0.717, 1.165) is 11.3 Å². The molecule has 0 radical (unpaired) electrons. The zero-order valence-electron chi connectivity index (χ0n) is 11.5. The molecule has 0 unspecified atom stereocenters. The van der Waals surface area contributed by atoms with E-state index in [0.29, 0.717) is 5.56 Å². The van der Waals surface area contributed by atoms with Gasteiger partial charge in [-0.05, 0) is 6.07 Å². The van der Waals surface area contributed by atoms with Gasteiger partial charge in [-0.1, -0.05) is 26.8 Å². The van der Waals surface area contributed by atoms with Gasteiger partial charge in [0.2, 0.25) is 0 Å². The second-order valence-electron chi connectivity index (χ2n) is 5.52. The Morgan fingerprint density at radius 2 is 2.00 bits per heavy atom. The van der Waals surface area contributed by atoms with E-state index >= 15 is 0 Å². The number of carbonyl (C=O) groups is 1. The summed E-state index contributed by atoms with van der Waals surface area (Å²) < 4.78 is 1.70. The van der Waals surface area contributed by atoms with Crippen molar-refractivity contribution >= 4 is 5.97 Å². The molecule has 0 saturated heterocycles. The first-order chi connectivity index (χ1) is 8.80. The fourth-order valence-electron chi connectivity index (χ4n) is 2.03. The SMILES string of the molecule is Cn1cc(-c2cccnc2C(=O)O)c(C(C)(C)C)n1. The third-order valence-electron chi connectivity index (χ3n) is 2.84. The topological polar surface area (TPSA) is 68.0 Å². The lowest BCUT2D eigenvalue weighted by molar-refractivity contribution is 0.0691. The molecule has 1 N–H and O–H groups in total. The number of hydrogen-bond acceptors (Lipinski definition) is 3. The van der Waals surface area contributed by atoms with Gasteiger partial charge in [0.1, 0.15) is 0 Å². The molecule has 0 aromatic carbocycles. The minimum absolute atomic E-state index is 0.0565. The molecule has 5 nitrogen and oxygen atoms in total. The predicted molar refractivity (Wildman–Crippen MR) is 72.1 cm³/mol. The van der Waals surface area contributed by atoms with E-state index in [4.69, 9.17) is 0 Å². The molecule has 2 aromatic heterocycles. The van der Waals surface area contributed by atoms with Crippen LogP contribution in [0.15, 0.2) is 24.5 Å². The van der Waals surface area contributed by atoms with Gasteiger partial charge in [-0.25, -0.2) is 9.78 Å². The van der Waals surface area contributed by atoms with Crippen LogP contribution in [0.4, 0.5) is 0 Å². The molecule has 0 atom stereocenters. The quantitative estimate of drug-likeness (QED) is 0.899. The zero-order valence-corrected chi connectivity index (χ0v) is 11.5. The summed E-state index contributed by atoms with van der Waals surface area (Å²) >= 11 is 0. The number of pyridine rings is 1. The van der Waals surface area contributed by atoms with Crippen LogP contribution in [0.1, 0.15) is 37.0 Å². The van der Waals surface area contributed by atoms with Crippen molar-refractivity contribution in [2.24, 2.45) is 7.05 Å². The summed E-state index contributed by atoms with van der Waals surface area (Å²) in [6.07, 6.45) is 3.32. The van der Waals surface area contributed by atoms with Gasteiger partial charge in [0, 0.05) is 36.0 Å². The van der Waals surface area contributed by atoms with Crippen LogP contribution in [0.25, 0.3) is 11.1 Å². The summed E-state index contributed by atoms with van der Waals surface area (Å²) in [4.78, 5) is 15.2. The number of aromatic carboxylic acids is 1. The van der Waals surface area contributed by atoms with Crippen LogP contribution < -0.4 is 0 Å². The third kappa shape index (κ3) is 2.50. The smallest absolute Gasteiger partial charge is 0.355 e. The number of nitrogens with zero attached hydrogens (tertiary/aromatic N) is 3. The Balaban J connectivity index is 2.70. The summed E-state index contributed by atoms with van der Waals surface area (Å²) in [6, 6.07) is 3.50. The van der Waals surface area contributed by atoms with Crippen molar-refractivity contribution in [2.45, 2.75) is 26.2 Å². The van der Waals surface area contributed by atoms with Crippen LogP contribution in [0.2, 0.25) is 0 Å². The lowest BCUT2D eigenvalue weighted by Crippen LogP contribution is -2.14. The molecular weight excluding hydrogens is 242 g/mol. The highest BCUT2D eigenvalue weighted by Crippen LogP contribution is 2.32. The van der Waals surface area contributed by atoms with Crippen molar-refractivity contribution in [3.63, 3.8) is 0 Å². The van der Waals surface area contributed by atoms with E-state index < -0.39 is 5.97 Å². The predicted octanol–water partition coefficient (Wildman–Crippen LogP) is 2.48. The van der Waals surface area contributed by atoms with Crippen molar-refractivity contribution in [1.29, 1.82) is 0 Å². The maximum atomic E-state index is 11.3. The van der Waals surface area contributed by atoms with Gasteiger partial charge in [0.25, 0.3) is 0 Å². The highest BCUT2D eigenvalue weighted by atomic mass is 16.4. The van der Waals surface area contributed by atoms with E-state index in [9.17, 15) is 9.90 Å². The van der Waals surface area contributed by atoms with E-state index in [2.05, 4.69) is 30.9 Å². The first-order valence-corrected chi connectivity index (χ1v) is 6.03. The Labute approximate surface area is 111 Å². The summed E-state index contributed by atoms with van der Waals surface area (Å²) in [7, 11) is 1.83. The zero-order chi connectivity index (χ0) is 14.2.